The van der Waals surface area contributed by atoms with E-state index in [2.05, 4.69) is 17.1 Å². The molecule has 2 atom stereocenters. The van der Waals surface area contributed by atoms with Crippen molar-refractivity contribution in [3.05, 3.63) is 0 Å². The van der Waals surface area contributed by atoms with Crippen LogP contribution in [0.1, 0.15) is 26.7 Å². The van der Waals surface area contributed by atoms with Gasteiger partial charge in [0.15, 0.2) is 0 Å². The van der Waals surface area contributed by atoms with Gasteiger partial charge in [-0.2, -0.15) is 0 Å². The third-order valence-electron chi connectivity index (χ3n) is 3.73. The van der Waals surface area contributed by atoms with Crippen molar-refractivity contribution in [3.63, 3.8) is 0 Å². The number of carboxylic acids is 1. The van der Waals surface area contributed by atoms with Gasteiger partial charge in [-0.3, -0.25) is 4.79 Å². The van der Waals surface area contributed by atoms with Crippen molar-refractivity contribution in [2.45, 2.75) is 32.7 Å². The summed E-state index contributed by atoms with van der Waals surface area (Å²) in [5.74, 6) is -1.33. The van der Waals surface area contributed by atoms with Gasteiger partial charge < -0.3 is 20.2 Å². The van der Waals surface area contributed by atoms with Gasteiger partial charge in [-0.05, 0) is 20.4 Å². The van der Waals surface area contributed by atoms with E-state index in [1.54, 1.807) is 4.90 Å². The Morgan fingerprint density at radius 1 is 1.42 bits per heavy atom. The lowest BCUT2D eigenvalue weighted by atomic mass is 10.0. The minimum Gasteiger partial charge on any atom is -0.481 e. The summed E-state index contributed by atoms with van der Waals surface area (Å²) in [6.07, 6.45) is 1.40. The van der Waals surface area contributed by atoms with Gasteiger partial charge in [0.2, 0.25) is 0 Å². The van der Waals surface area contributed by atoms with Gasteiger partial charge in [0.25, 0.3) is 0 Å². The van der Waals surface area contributed by atoms with Gasteiger partial charge >= 0.3 is 12.0 Å². The summed E-state index contributed by atoms with van der Waals surface area (Å²) in [5, 5.41) is 11.8. The minimum absolute atomic E-state index is 0.151. The zero-order valence-electron chi connectivity index (χ0n) is 12.1. The SMILES string of the molecule is CCCC(CNC(=O)N1CCN(C)C(C)C1)C(=O)O. The highest BCUT2D eigenvalue weighted by molar-refractivity contribution is 5.76. The van der Waals surface area contributed by atoms with Crippen molar-refractivity contribution in [1.29, 1.82) is 0 Å². The highest BCUT2D eigenvalue weighted by atomic mass is 16.4. The van der Waals surface area contributed by atoms with E-state index in [1.807, 2.05) is 14.0 Å². The zero-order chi connectivity index (χ0) is 14.4. The average molecular weight is 271 g/mol. The summed E-state index contributed by atoms with van der Waals surface area (Å²) in [6.45, 7) is 6.47. The van der Waals surface area contributed by atoms with E-state index in [-0.39, 0.29) is 12.6 Å². The van der Waals surface area contributed by atoms with Crippen LogP contribution in [0.2, 0.25) is 0 Å². The number of hydrogen-bond donors (Lipinski definition) is 2. The first-order valence-corrected chi connectivity index (χ1v) is 6.91. The third kappa shape index (κ3) is 4.70. The number of likely N-dealkylation sites (N-methyl/N-ethyl adjacent to an activating group) is 1. The van der Waals surface area contributed by atoms with Crippen LogP contribution in [0.25, 0.3) is 0 Å². The molecule has 2 N–H and O–H groups in total. The van der Waals surface area contributed by atoms with Crippen molar-refractivity contribution >= 4 is 12.0 Å². The first-order valence-electron chi connectivity index (χ1n) is 6.91. The second-order valence-corrected chi connectivity index (χ2v) is 5.29. The fourth-order valence-electron chi connectivity index (χ4n) is 2.22. The van der Waals surface area contributed by atoms with Crippen LogP contribution >= 0.6 is 0 Å². The molecule has 0 radical (unpaired) electrons. The standard InChI is InChI=1S/C13H25N3O3/c1-4-5-11(12(17)18)8-14-13(19)16-7-6-15(3)10(2)9-16/h10-11H,4-9H2,1-3H3,(H,14,19)(H,17,18). The molecule has 0 aromatic rings. The van der Waals surface area contributed by atoms with Crippen LogP contribution in [0.4, 0.5) is 4.79 Å². The molecule has 2 unspecified atom stereocenters. The molecule has 19 heavy (non-hydrogen) atoms. The summed E-state index contributed by atoms with van der Waals surface area (Å²) < 4.78 is 0. The van der Waals surface area contributed by atoms with E-state index >= 15 is 0 Å². The van der Waals surface area contributed by atoms with Crippen molar-refractivity contribution in [2.24, 2.45) is 5.92 Å². The van der Waals surface area contributed by atoms with Gasteiger partial charge in [-0.1, -0.05) is 13.3 Å². The number of piperazine rings is 1. The molecule has 0 aromatic carbocycles. The normalized spacial score (nSPS) is 22.1. The molecule has 1 aliphatic rings. The van der Waals surface area contributed by atoms with Gasteiger partial charge in [0.1, 0.15) is 0 Å². The Labute approximate surface area is 114 Å². The van der Waals surface area contributed by atoms with Crippen LogP contribution in [-0.4, -0.2) is 66.2 Å². The monoisotopic (exact) mass is 271 g/mol. The van der Waals surface area contributed by atoms with Crippen molar-refractivity contribution in [2.75, 3.05) is 33.2 Å². The molecule has 110 valence electrons. The molecule has 1 rings (SSSR count). The second-order valence-electron chi connectivity index (χ2n) is 5.29. The number of hydrogen-bond acceptors (Lipinski definition) is 3. The first kappa shape index (κ1) is 15.8. The van der Waals surface area contributed by atoms with E-state index in [0.717, 1.165) is 13.0 Å². The predicted octanol–water partition coefficient (Wildman–Crippen LogP) is 0.833. The Balaban J connectivity index is 2.40. The molecule has 2 amide bonds. The molecule has 0 aliphatic carbocycles. The van der Waals surface area contributed by atoms with Gasteiger partial charge in [-0.15, -0.1) is 0 Å². The Bertz CT molecular complexity index is 322. The highest BCUT2D eigenvalue weighted by Crippen LogP contribution is 2.08. The van der Waals surface area contributed by atoms with Crippen LogP contribution < -0.4 is 5.32 Å². The first-order chi connectivity index (χ1) is 8.95. The van der Waals surface area contributed by atoms with E-state index in [4.69, 9.17) is 5.11 Å². The van der Waals surface area contributed by atoms with E-state index in [1.165, 1.54) is 0 Å². The van der Waals surface area contributed by atoms with E-state index < -0.39 is 11.9 Å². The fourth-order valence-corrected chi connectivity index (χ4v) is 2.22. The summed E-state index contributed by atoms with van der Waals surface area (Å²) >= 11 is 0. The molecule has 0 saturated carbocycles. The quantitative estimate of drug-likeness (QED) is 0.777. The van der Waals surface area contributed by atoms with Crippen molar-refractivity contribution in [1.82, 2.24) is 15.1 Å². The largest absolute Gasteiger partial charge is 0.481 e. The Kier molecular flexibility index (Phi) is 6.08. The van der Waals surface area contributed by atoms with Crippen LogP contribution in [0.3, 0.4) is 0 Å². The molecular formula is C13H25N3O3. The summed E-state index contributed by atoms with van der Waals surface area (Å²) in [5.41, 5.74) is 0. The van der Waals surface area contributed by atoms with Gasteiger partial charge in [0.05, 0.1) is 5.92 Å². The van der Waals surface area contributed by atoms with E-state index in [0.29, 0.717) is 25.6 Å². The Morgan fingerprint density at radius 3 is 2.63 bits per heavy atom. The number of nitrogens with zero attached hydrogens (tertiary/aromatic N) is 2. The van der Waals surface area contributed by atoms with E-state index in [9.17, 15) is 9.59 Å². The molecule has 0 bridgehead atoms. The molecule has 6 nitrogen and oxygen atoms in total. The summed E-state index contributed by atoms with van der Waals surface area (Å²) in [6, 6.07) is 0.188. The topological polar surface area (TPSA) is 72.9 Å². The number of carboxylic acid groups (broad SMARTS) is 1. The van der Waals surface area contributed by atoms with Crippen LogP contribution in [0.5, 0.6) is 0 Å². The van der Waals surface area contributed by atoms with Crippen LogP contribution in [0, 0.1) is 5.92 Å². The lowest BCUT2D eigenvalue weighted by Gasteiger charge is -2.37. The van der Waals surface area contributed by atoms with Crippen molar-refractivity contribution in [3.8, 4) is 0 Å². The maximum absolute atomic E-state index is 12.0. The predicted molar refractivity (Wildman–Crippen MR) is 73.1 cm³/mol. The molecule has 1 aliphatic heterocycles. The van der Waals surface area contributed by atoms with Gasteiger partial charge in [-0.25, -0.2) is 4.79 Å². The molecule has 1 heterocycles. The van der Waals surface area contributed by atoms with Crippen LogP contribution in [-0.2, 0) is 4.79 Å². The highest BCUT2D eigenvalue weighted by Gasteiger charge is 2.25. The molecule has 0 spiro atoms. The smallest absolute Gasteiger partial charge is 0.317 e. The second kappa shape index (κ2) is 7.33. The van der Waals surface area contributed by atoms with Gasteiger partial charge in [0, 0.05) is 32.2 Å². The third-order valence-corrected chi connectivity index (χ3v) is 3.73. The number of rotatable bonds is 5. The van der Waals surface area contributed by atoms with Crippen molar-refractivity contribution < 1.29 is 14.7 Å². The number of carbonyl (C=O) groups is 2. The number of urea groups is 1. The molecule has 0 aromatic heterocycles. The number of nitrogens with one attached hydrogen (secondary N) is 1. The summed E-state index contributed by atoms with van der Waals surface area (Å²) in [7, 11) is 2.04. The minimum atomic E-state index is -0.839. The Morgan fingerprint density at radius 2 is 2.11 bits per heavy atom. The number of aliphatic carboxylic acids is 1. The molecule has 1 saturated heterocycles. The lowest BCUT2D eigenvalue weighted by molar-refractivity contribution is -0.141. The molecular weight excluding hydrogens is 246 g/mol. The van der Waals surface area contributed by atoms with Crippen LogP contribution in [0.15, 0.2) is 0 Å². The summed E-state index contributed by atoms with van der Waals surface area (Å²) in [4.78, 5) is 27.0. The number of amides is 2. The maximum atomic E-state index is 12.0. The average Bonchev–Trinajstić information content (AvgIpc) is 2.37. The maximum Gasteiger partial charge on any atom is 0.317 e. The molecule has 1 fully saturated rings. The molecule has 6 heteroatoms. The Hall–Kier alpha value is -1.30. The lowest BCUT2D eigenvalue weighted by Crippen LogP contribution is -2.55. The zero-order valence-corrected chi connectivity index (χ0v) is 12.1. The fraction of sp³-hybridized carbons (Fsp3) is 0.846. The number of carbonyl (C=O) groups excluding carboxylic acids is 1.